The van der Waals surface area contributed by atoms with Crippen LogP contribution in [0.4, 0.5) is 13.2 Å². The maximum atomic E-state index is 12.9. The first-order valence-electron chi connectivity index (χ1n) is 11.1. The average Bonchev–Trinajstić information content (AvgIpc) is 3.41. The molecule has 4 aromatic rings. The van der Waals surface area contributed by atoms with E-state index >= 15 is 0 Å². The molecular formula is C26H24F3NO3S2. The van der Waals surface area contributed by atoms with Crippen LogP contribution in [-0.4, -0.2) is 22.7 Å². The maximum absolute atomic E-state index is 12.9. The number of alkyl halides is 3. The largest absolute Gasteiger partial charge is 0.493 e. The summed E-state index contributed by atoms with van der Waals surface area (Å²) in [6.45, 7) is 6.54. The molecule has 35 heavy (non-hydrogen) atoms. The van der Waals surface area contributed by atoms with Crippen LogP contribution in [0.3, 0.4) is 0 Å². The third-order valence-electron chi connectivity index (χ3n) is 5.60. The van der Waals surface area contributed by atoms with Crippen molar-refractivity contribution in [2.75, 3.05) is 6.61 Å². The first kappa shape index (κ1) is 25.2. The van der Waals surface area contributed by atoms with Gasteiger partial charge in [0.05, 0.1) is 24.3 Å². The van der Waals surface area contributed by atoms with Gasteiger partial charge in [-0.05, 0) is 52.6 Å². The molecule has 0 spiro atoms. The Morgan fingerprint density at radius 2 is 1.83 bits per heavy atom. The number of ether oxygens (including phenoxy) is 1. The minimum Gasteiger partial charge on any atom is -0.493 e. The first-order chi connectivity index (χ1) is 16.5. The van der Waals surface area contributed by atoms with Crippen molar-refractivity contribution in [3.8, 4) is 16.3 Å². The monoisotopic (exact) mass is 519 g/mol. The number of carboxylic acids is 1. The van der Waals surface area contributed by atoms with Crippen molar-refractivity contribution >= 4 is 38.7 Å². The number of aliphatic carboxylic acids is 1. The number of halogens is 3. The molecule has 1 atom stereocenters. The number of aromatic nitrogens is 1. The molecule has 2 aromatic heterocycles. The topological polar surface area (TPSA) is 59.4 Å². The third-order valence-corrected chi connectivity index (χ3v) is 7.95. The van der Waals surface area contributed by atoms with E-state index in [0.717, 1.165) is 38.4 Å². The van der Waals surface area contributed by atoms with Crippen LogP contribution in [0.2, 0.25) is 0 Å². The zero-order chi connectivity index (χ0) is 25.3. The molecule has 184 valence electrons. The van der Waals surface area contributed by atoms with Crippen LogP contribution in [0.1, 0.15) is 54.3 Å². The van der Waals surface area contributed by atoms with E-state index in [9.17, 15) is 18.0 Å². The molecule has 0 bridgehead atoms. The van der Waals surface area contributed by atoms with Gasteiger partial charge in [-0.25, -0.2) is 4.98 Å². The summed E-state index contributed by atoms with van der Waals surface area (Å²) in [6, 6.07) is 10.7. The SMILES string of the molecule is CC(C)c1nc(-c2ccc(C(F)(F)F)cc2)sc1C(C)COc1ccc2c(CC(=O)O)csc2c1. The molecule has 1 N–H and O–H groups in total. The number of rotatable bonds is 8. The lowest BCUT2D eigenvalue weighted by Gasteiger charge is -2.14. The number of benzene rings is 2. The van der Waals surface area contributed by atoms with Crippen LogP contribution < -0.4 is 4.74 Å². The summed E-state index contributed by atoms with van der Waals surface area (Å²) in [4.78, 5) is 16.8. The molecule has 2 aromatic carbocycles. The number of carboxylic acid groups (broad SMARTS) is 1. The van der Waals surface area contributed by atoms with Gasteiger partial charge in [0.15, 0.2) is 0 Å². The lowest BCUT2D eigenvalue weighted by atomic mass is 10.0. The van der Waals surface area contributed by atoms with Gasteiger partial charge in [-0.15, -0.1) is 22.7 Å². The molecule has 4 rings (SSSR count). The Morgan fingerprint density at radius 1 is 1.11 bits per heavy atom. The Morgan fingerprint density at radius 3 is 2.46 bits per heavy atom. The van der Waals surface area contributed by atoms with Crippen molar-refractivity contribution in [2.45, 2.75) is 45.2 Å². The van der Waals surface area contributed by atoms with Gasteiger partial charge in [0.1, 0.15) is 10.8 Å². The molecular weight excluding hydrogens is 495 g/mol. The lowest BCUT2D eigenvalue weighted by molar-refractivity contribution is -0.138. The van der Waals surface area contributed by atoms with Gasteiger partial charge >= 0.3 is 12.1 Å². The van der Waals surface area contributed by atoms with E-state index in [0.29, 0.717) is 22.9 Å². The second-order valence-corrected chi connectivity index (χ2v) is 10.6. The summed E-state index contributed by atoms with van der Waals surface area (Å²) < 4.78 is 45.8. The van der Waals surface area contributed by atoms with E-state index < -0.39 is 17.7 Å². The summed E-state index contributed by atoms with van der Waals surface area (Å²) in [6.07, 6.45) is -4.38. The van der Waals surface area contributed by atoms with Gasteiger partial charge < -0.3 is 9.84 Å². The van der Waals surface area contributed by atoms with Crippen molar-refractivity contribution in [1.82, 2.24) is 4.98 Å². The fraction of sp³-hybridized carbons (Fsp3) is 0.308. The lowest BCUT2D eigenvalue weighted by Crippen LogP contribution is -2.08. The fourth-order valence-electron chi connectivity index (χ4n) is 3.79. The standard InChI is InChI=1S/C26H24F3NO3S2/c1-14(2)23-24(35-25(30-23)16-4-6-18(7-5-16)26(27,28)29)15(3)12-33-19-8-9-20-17(10-22(31)32)13-34-21(20)11-19/h4-9,11,13-15H,10,12H2,1-3H3,(H,31,32). The number of fused-ring (bicyclic) bond motifs is 1. The Bertz CT molecular complexity index is 1340. The van der Waals surface area contributed by atoms with Crippen LogP contribution in [0.5, 0.6) is 5.75 Å². The number of hydrogen-bond acceptors (Lipinski definition) is 5. The summed E-state index contributed by atoms with van der Waals surface area (Å²) in [5, 5.41) is 12.5. The molecule has 0 aliphatic rings. The Balaban J connectivity index is 1.51. The average molecular weight is 520 g/mol. The van der Waals surface area contributed by atoms with Gasteiger partial charge in [-0.1, -0.05) is 32.9 Å². The molecule has 4 nitrogen and oxygen atoms in total. The molecule has 0 aliphatic carbocycles. The Kier molecular flexibility index (Phi) is 7.19. The number of thiophene rings is 1. The predicted molar refractivity (Wildman–Crippen MR) is 134 cm³/mol. The van der Waals surface area contributed by atoms with Crippen LogP contribution in [0.25, 0.3) is 20.7 Å². The van der Waals surface area contributed by atoms with Crippen LogP contribution >= 0.6 is 22.7 Å². The third kappa shape index (κ3) is 5.67. The Hall–Kier alpha value is -2.91. The van der Waals surface area contributed by atoms with E-state index in [1.807, 2.05) is 44.4 Å². The smallest absolute Gasteiger partial charge is 0.416 e. The first-order valence-corrected chi connectivity index (χ1v) is 12.8. The van der Waals surface area contributed by atoms with Crippen molar-refractivity contribution in [1.29, 1.82) is 0 Å². The molecule has 0 saturated heterocycles. The van der Waals surface area contributed by atoms with Gasteiger partial charge in [0, 0.05) is 21.1 Å². The quantitative estimate of drug-likeness (QED) is 0.256. The highest BCUT2D eigenvalue weighted by molar-refractivity contribution is 7.17. The van der Waals surface area contributed by atoms with Gasteiger partial charge in [-0.2, -0.15) is 13.2 Å². The summed E-state index contributed by atoms with van der Waals surface area (Å²) in [7, 11) is 0. The molecule has 9 heteroatoms. The summed E-state index contributed by atoms with van der Waals surface area (Å²) in [5.41, 5.74) is 1.69. The van der Waals surface area contributed by atoms with E-state index in [1.165, 1.54) is 34.8 Å². The van der Waals surface area contributed by atoms with Gasteiger partial charge in [0.2, 0.25) is 0 Å². The summed E-state index contributed by atoms with van der Waals surface area (Å²) in [5.74, 6) is 0.0170. The van der Waals surface area contributed by atoms with Gasteiger partial charge in [0.25, 0.3) is 0 Å². The van der Waals surface area contributed by atoms with Crippen molar-refractivity contribution in [2.24, 2.45) is 0 Å². The molecule has 2 heterocycles. The molecule has 1 unspecified atom stereocenters. The molecule has 0 saturated carbocycles. The van der Waals surface area contributed by atoms with Crippen molar-refractivity contribution in [3.63, 3.8) is 0 Å². The number of hydrogen-bond donors (Lipinski definition) is 1. The maximum Gasteiger partial charge on any atom is 0.416 e. The molecule has 0 fully saturated rings. The van der Waals surface area contributed by atoms with E-state index in [1.54, 1.807) is 0 Å². The van der Waals surface area contributed by atoms with E-state index in [2.05, 4.69) is 0 Å². The molecule has 0 aliphatic heterocycles. The van der Waals surface area contributed by atoms with Gasteiger partial charge in [-0.3, -0.25) is 4.79 Å². The van der Waals surface area contributed by atoms with Crippen molar-refractivity contribution < 1.29 is 27.8 Å². The second-order valence-electron chi connectivity index (χ2n) is 8.70. The van der Waals surface area contributed by atoms with E-state index in [-0.39, 0.29) is 18.3 Å². The Labute approximate surface area is 209 Å². The minimum atomic E-state index is -4.37. The molecule has 0 radical (unpaired) electrons. The van der Waals surface area contributed by atoms with Crippen LogP contribution in [0.15, 0.2) is 47.8 Å². The van der Waals surface area contributed by atoms with E-state index in [4.69, 9.17) is 14.8 Å². The number of thiazole rings is 1. The van der Waals surface area contributed by atoms with Crippen LogP contribution in [0, 0.1) is 0 Å². The number of nitrogens with zero attached hydrogens (tertiary/aromatic N) is 1. The highest BCUT2D eigenvalue weighted by Crippen LogP contribution is 2.38. The zero-order valence-corrected chi connectivity index (χ0v) is 21.0. The predicted octanol–water partition coefficient (Wildman–Crippen LogP) is 7.98. The summed E-state index contributed by atoms with van der Waals surface area (Å²) >= 11 is 2.97. The number of carbonyl (C=O) groups is 1. The van der Waals surface area contributed by atoms with Crippen molar-refractivity contribution in [3.05, 3.63) is 69.5 Å². The van der Waals surface area contributed by atoms with Crippen LogP contribution in [-0.2, 0) is 17.4 Å². The normalized spacial score (nSPS) is 12.9. The minimum absolute atomic E-state index is 0.0120. The highest BCUT2D eigenvalue weighted by Gasteiger charge is 2.30. The second kappa shape index (κ2) is 9.99. The zero-order valence-electron chi connectivity index (χ0n) is 19.3. The molecule has 0 amide bonds. The fourth-order valence-corrected chi connectivity index (χ4v) is 6.04. The highest BCUT2D eigenvalue weighted by atomic mass is 32.1.